The second-order valence-corrected chi connectivity index (χ2v) is 5.78. The number of nitrogens with two attached hydrogens (primary N) is 1. The molecule has 0 radical (unpaired) electrons. The minimum atomic E-state index is -0.544. The van der Waals surface area contributed by atoms with Crippen LogP contribution in [0.2, 0.25) is 0 Å². The van der Waals surface area contributed by atoms with Gasteiger partial charge in [0, 0.05) is 19.1 Å². The van der Waals surface area contributed by atoms with E-state index in [4.69, 9.17) is 5.73 Å². The molecule has 6 heteroatoms. The maximum absolute atomic E-state index is 12.5. The van der Waals surface area contributed by atoms with Crippen molar-refractivity contribution in [2.24, 2.45) is 5.73 Å². The van der Waals surface area contributed by atoms with Gasteiger partial charge in [-0.2, -0.15) is 0 Å². The van der Waals surface area contributed by atoms with Gasteiger partial charge < -0.3 is 10.6 Å². The topological polar surface area (TPSA) is 49.6 Å². The standard InChI is InChI=1S/C14H27N3O.2ClH/c1-3-16(4-2)12-7-10-17(11-12)13(18)14(15)8-5-6-9-14;;/h12H,3-11,15H2,1-2H3;2*1H. The fraction of sp³-hybridized carbons (Fsp3) is 0.929. The Morgan fingerprint density at radius 2 is 1.80 bits per heavy atom. The zero-order valence-corrected chi connectivity index (χ0v) is 14.3. The first kappa shape index (κ1) is 20.0. The van der Waals surface area contributed by atoms with E-state index in [1.54, 1.807) is 0 Å². The molecule has 1 atom stereocenters. The molecule has 1 unspecified atom stereocenters. The van der Waals surface area contributed by atoms with Gasteiger partial charge in [-0.15, -0.1) is 24.8 Å². The average molecular weight is 326 g/mol. The molecular weight excluding hydrogens is 297 g/mol. The minimum absolute atomic E-state index is 0. The monoisotopic (exact) mass is 325 g/mol. The molecule has 1 aliphatic heterocycles. The third kappa shape index (κ3) is 4.00. The summed E-state index contributed by atoms with van der Waals surface area (Å²) in [4.78, 5) is 17.0. The van der Waals surface area contributed by atoms with E-state index < -0.39 is 5.54 Å². The number of amides is 1. The van der Waals surface area contributed by atoms with E-state index in [0.29, 0.717) is 6.04 Å². The molecule has 1 saturated carbocycles. The van der Waals surface area contributed by atoms with Crippen molar-refractivity contribution in [3.8, 4) is 0 Å². The van der Waals surface area contributed by atoms with Crippen LogP contribution < -0.4 is 5.73 Å². The highest BCUT2D eigenvalue weighted by Crippen LogP contribution is 2.30. The van der Waals surface area contributed by atoms with Gasteiger partial charge in [-0.3, -0.25) is 9.69 Å². The lowest BCUT2D eigenvalue weighted by atomic mass is 9.97. The molecule has 2 rings (SSSR count). The Morgan fingerprint density at radius 1 is 1.25 bits per heavy atom. The second kappa shape index (κ2) is 8.42. The second-order valence-electron chi connectivity index (χ2n) is 5.78. The smallest absolute Gasteiger partial charge is 0.242 e. The minimum Gasteiger partial charge on any atom is -0.339 e. The van der Waals surface area contributed by atoms with Crippen molar-refractivity contribution in [3.05, 3.63) is 0 Å². The predicted molar refractivity (Wildman–Crippen MR) is 87.8 cm³/mol. The number of nitrogens with zero attached hydrogens (tertiary/aromatic N) is 2. The molecule has 2 N–H and O–H groups in total. The fourth-order valence-electron chi connectivity index (χ4n) is 3.50. The summed E-state index contributed by atoms with van der Waals surface area (Å²) in [5, 5.41) is 0. The highest BCUT2D eigenvalue weighted by Gasteiger charge is 2.42. The molecule has 1 aliphatic carbocycles. The molecule has 1 amide bonds. The summed E-state index contributed by atoms with van der Waals surface area (Å²) in [6, 6.07) is 0.536. The Bertz CT molecular complexity index is 305. The third-order valence-corrected chi connectivity index (χ3v) is 4.70. The Morgan fingerprint density at radius 3 is 2.30 bits per heavy atom. The Hall–Kier alpha value is -0.0300. The third-order valence-electron chi connectivity index (χ3n) is 4.70. The molecule has 2 aliphatic rings. The van der Waals surface area contributed by atoms with Crippen LogP contribution in [0.1, 0.15) is 46.0 Å². The van der Waals surface area contributed by atoms with E-state index in [1.165, 1.54) is 0 Å². The lowest BCUT2D eigenvalue weighted by Crippen LogP contribution is -2.53. The van der Waals surface area contributed by atoms with Crippen LogP contribution in [0.25, 0.3) is 0 Å². The van der Waals surface area contributed by atoms with Crippen LogP contribution in [0.5, 0.6) is 0 Å². The van der Waals surface area contributed by atoms with Gasteiger partial charge in [-0.05, 0) is 32.4 Å². The van der Waals surface area contributed by atoms with Crippen LogP contribution in [-0.2, 0) is 4.79 Å². The molecule has 1 heterocycles. The summed E-state index contributed by atoms with van der Waals surface area (Å²) in [5.74, 6) is 0.203. The lowest BCUT2D eigenvalue weighted by molar-refractivity contribution is -0.135. The van der Waals surface area contributed by atoms with Crippen molar-refractivity contribution in [1.29, 1.82) is 0 Å². The maximum atomic E-state index is 12.5. The SMILES string of the molecule is CCN(CC)C1CCN(C(=O)C2(N)CCCC2)C1.Cl.Cl. The molecule has 0 aromatic carbocycles. The van der Waals surface area contributed by atoms with E-state index in [0.717, 1.165) is 58.3 Å². The first-order valence-corrected chi connectivity index (χ1v) is 7.43. The number of hydrogen-bond donors (Lipinski definition) is 1. The van der Waals surface area contributed by atoms with E-state index >= 15 is 0 Å². The number of likely N-dealkylation sites (N-methyl/N-ethyl adjacent to an activating group) is 1. The number of carbonyl (C=O) groups excluding carboxylic acids is 1. The summed E-state index contributed by atoms with van der Waals surface area (Å²) in [6.07, 6.45) is 5.06. The highest BCUT2D eigenvalue weighted by molar-refractivity contribution is 5.86. The van der Waals surface area contributed by atoms with Crippen molar-refractivity contribution in [2.75, 3.05) is 26.2 Å². The van der Waals surface area contributed by atoms with Gasteiger partial charge in [0.2, 0.25) is 5.91 Å². The summed E-state index contributed by atoms with van der Waals surface area (Å²) in [5.41, 5.74) is 5.72. The van der Waals surface area contributed by atoms with Gasteiger partial charge in [0.1, 0.15) is 0 Å². The number of likely N-dealkylation sites (tertiary alicyclic amines) is 1. The van der Waals surface area contributed by atoms with Gasteiger partial charge >= 0.3 is 0 Å². The number of halogens is 2. The van der Waals surface area contributed by atoms with Crippen LogP contribution in [0.4, 0.5) is 0 Å². The Kier molecular flexibility index (Phi) is 8.41. The van der Waals surface area contributed by atoms with Crippen LogP contribution in [0.3, 0.4) is 0 Å². The largest absolute Gasteiger partial charge is 0.339 e. The molecule has 2 fully saturated rings. The van der Waals surface area contributed by atoms with Crippen molar-refractivity contribution in [3.63, 3.8) is 0 Å². The first-order valence-electron chi connectivity index (χ1n) is 7.43. The molecule has 0 bridgehead atoms. The van der Waals surface area contributed by atoms with Crippen molar-refractivity contribution >= 4 is 30.7 Å². The number of carbonyl (C=O) groups is 1. The molecule has 4 nitrogen and oxygen atoms in total. The number of hydrogen-bond acceptors (Lipinski definition) is 3. The summed E-state index contributed by atoms with van der Waals surface area (Å²) < 4.78 is 0. The van der Waals surface area contributed by atoms with Gasteiger partial charge in [0.15, 0.2) is 0 Å². The van der Waals surface area contributed by atoms with Crippen molar-refractivity contribution in [2.45, 2.75) is 57.5 Å². The molecule has 20 heavy (non-hydrogen) atoms. The fourth-order valence-corrected chi connectivity index (χ4v) is 3.50. The van der Waals surface area contributed by atoms with Crippen molar-refractivity contribution in [1.82, 2.24) is 9.80 Å². The quantitative estimate of drug-likeness (QED) is 0.860. The van der Waals surface area contributed by atoms with E-state index in [-0.39, 0.29) is 30.7 Å². The predicted octanol–water partition coefficient (Wildman–Crippen LogP) is 2.04. The van der Waals surface area contributed by atoms with Gasteiger partial charge in [0.25, 0.3) is 0 Å². The molecule has 0 aromatic rings. The van der Waals surface area contributed by atoms with Gasteiger partial charge in [-0.1, -0.05) is 26.7 Å². The molecule has 120 valence electrons. The highest BCUT2D eigenvalue weighted by atomic mass is 35.5. The Balaban J connectivity index is 0.00000180. The summed E-state index contributed by atoms with van der Waals surface area (Å²) in [6.45, 7) is 8.27. The lowest BCUT2D eigenvalue weighted by Gasteiger charge is -2.30. The van der Waals surface area contributed by atoms with Gasteiger partial charge in [-0.25, -0.2) is 0 Å². The normalized spacial score (nSPS) is 24.4. The first-order chi connectivity index (χ1) is 8.60. The van der Waals surface area contributed by atoms with Crippen LogP contribution in [0, 0.1) is 0 Å². The van der Waals surface area contributed by atoms with Gasteiger partial charge in [0.05, 0.1) is 5.54 Å². The zero-order chi connectivity index (χ0) is 13.2. The summed E-state index contributed by atoms with van der Waals surface area (Å²) >= 11 is 0. The summed E-state index contributed by atoms with van der Waals surface area (Å²) in [7, 11) is 0. The average Bonchev–Trinajstić information content (AvgIpc) is 3.00. The Labute approximate surface area is 135 Å². The molecular formula is C14H29Cl2N3O. The van der Waals surface area contributed by atoms with E-state index in [9.17, 15) is 4.79 Å². The molecule has 1 saturated heterocycles. The van der Waals surface area contributed by atoms with Crippen LogP contribution in [-0.4, -0.2) is 53.5 Å². The molecule has 0 spiro atoms. The van der Waals surface area contributed by atoms with Crippen molar-refractivity contribution < 1.29 is 4.79 Å². The number of rotatable bonds is 4. The van der Waals surface area contributed by atoms with E-state index in [2.05, 4.69) is 18.7 Å². The molecule has 0 aromatic heterocycles. The van der Waals surface area contributed by atoms with Crippen LogP contribution in [0.15, 0.2) is 0 Å². The van der Waals surface area contributed by atoms with Crippen LogP contribution >= 0.6 is 24.8 Å². The zero-order valence-electron chi connectivity index (χ0n) is 12.6. The van der Waals surface area contributed by atoms with E-state index in [1.807, 2.05) is 4.90 Å². The maximum Gasteiger partial charge on any atom is 0.242 e.